The molecular weight excluding hydrogens is 344 g/mol. The van der Waals surface area contributed by atoms with Crippen molar-refractivity contribution in [2.45, 2.75) is 32.9 Å². The van der Waals surface area contributed by atoms with Crippen molar-refractivity contribution in [3.05, 3.63) is 35.4 Å². The van der Waals surface area contributed by atoms with Gasteiger partial charge in [-0.3, -0.25) is 4.90 Å². The van der Waals surface area contributed by atoms with Gasteiger partial charge >= 0.3 is 5.97 Å². The average Bonchev–Trinajstić information content (AvgIpc) is 2.70. The first-order chi connectivity index (χ1) is 13.0. The van der Waals surface area contributed by atoms with E-state index in [-0.39, 0.29) is 11.5 Å². The lowest BCUT2D eigenvalue weighted by Gasteiger charge is -2.41. The highest BCUT2D eigenvalue weighted by Gasteiger charge is 2.28. The second kappa shape index (κ2) is 10.3. The van der Waals surface area contributed by atoms with E-state index in [1.807, 2.05) is 12.1 Å². The van der Waals surface area contributed by atoms with Gasteiger partial charge in [-0.25, -0.2) is 9.79 Å². The molecule has 0 aromatic heterocycles. The molecule has 1 aliphatic rings. The van der Waals surface area contributed by atoms with E-state index in [4.69, 9.17) is 9.47 Å². The SMILES string of the molecule is CCNC(=NCc1ccc(C(=O)OC)cc1)NCC(C)(C)N1CCOCC1. The fourth-order valence-corrected chi connectivity index (χ4v) is 2.96. The number of hydrogen-bond donors (Lipinski definition) is 2. The van der Waals surface area contributed by atoms with Gasteiger partial charge in [0.15, 0.2) is 5.96 Å². The summed E-state index contributed by atoms with van der Waals surface area (Å²) in [5.41, 5.74) is 1.59. The van der Waals surface area contributed by atoms with Crippen LogP contribution in [0.3, 0.4) is 0 Å². The summed E-state index contributed by atoms with van der Waals surface area (Å²) in [6.07, 6.45) is 0. The predicted octanol–water partition coefficient (Wildman–Crippen LogP) is 1.64. The first-order valence-electron chi connectivity index (χ1n) is 9.48. The number of carbonyl (C=O) groups excluding carboxylic acids is 1. The molecule has 0 radical (unpaired) electrons. The summed E-state index contributed by atoms with van der Waals surface area (Å²) in [5, 5.41) is 6.74. The van der Waals surface area contributed by atoms with Crippen LogP contribution < -0.4 is 10.6 Å². The van der Waals surface area contributed by atoms with Gasteiger partial charge in [0.2, 0.25) is 0 Å². The van der Waals surface area contributed by atoms with Crippen molar-refractivity contribution in [1.82, 2.24) is 15.5 Å². The number of nitrogens with one attached hydrogen (secondary N) is 2. The molecule has 0 saturated carbocycles. The van der Waals surface area contributed by atoms with E-state index in [0.717, 1.165) is 50.9 Å². The first kappa shape index (κ1) is 21.2. The van der Waals surface area contributed by atoms with Crippen molar-refractivity contribution in [2.75, 3.05) is 46.5 Å². The molecule has 0 atom stereocenters. The van der Waals surface area contributed by atoms with Crippen molar-refractivity contribution in [3.8, 4) is 0 Å². The standard InChI is InChI=1S/C20H32N4O3/c1-5-21-19(23-15-20(2,3)24-10-12-27-13-11-24)22-14-16-6-8-17(9-7-16)18(25)26-4/h6-9H,5,10-15H2,1-4H3,(H2,21,22,23). The Labute approximate surface area is 162 Å². The van der Waals surface area contributed by atoms with Crippen LogP contribution in [0.25, 0.3) is 0 Å². The van der Waals surface area contributed by atoms with E-state index in [9.17, 15) is 4.79 Å². The molecule has 1 aromatic rings. The topological polar surface area (TPSA) is 75.2 Å². The van der Waals surface area contributed by atoms with Crippen LogP contribution in [-0.4, -0.2) is 68.9 Å². The summed E-state index contributed by atoms with van der Waals surface area (Å²) < 4.78 is 10.2. The van der Waals surface area contributed by atoms with E-state index < -0.39 is 0 Å². The normalized spacial score (nSPS) is 16.1. The van der Waals surface area contributed by atoms with Crippen molar-refractivity contribution in [2.24, 2.45) is 4.99 Å². The third-order valence-corrected chi connectivity index (χ3v) is 4.69. The Morgan fingerprint density at radius 2 is 1.89 bits per heavy atom. The zero-order chi connectivity index (χ0) is 19.7. The zero-order valence-corrected chi connectivity index (χ0v) is 16.9. The van der Waals surface area contributed by atoms with Crippen molar-refractivity contribution in [3.63, 3.8) is 0 Å². The number of hydrogen-bond acceptors (Lipinski definition) is 5. The maximum atomic E-state index is 11.5. The van der Waals surface area contributed by atoms with Crippen LogP contribution in [0.15, 0.2) is 29.3 Å². The summed E-state index contributed by atoms with van der Waals surface area (Å²) in [6, 6.07) is 7.32. The molecule has 0 amide bonds. The summed E-state index contributed by atoms with van der Waals surface area (Å²) in [7, 11) is 1.38. The molecular formula is C20H32N4O3. The second-order valence-corrected chi connectivity index (χ2v) is 7.15. The summed E-state index contributed by atoms with van der Waals surface area (Å²) >= 11 is 0. The average molecular weight is 377 g/mol. The minimum atomic E-state index is -0.328. The largest absolute Gasteiger partial charge is 0.465 e. The number of guanidine groups is 1. The third-order valence-electron chi connectivity index (χ3n) is 4.69. The number of nitrogens with zero attached hydrogens (tertiary/aromatic N) is 2. The zero-order valence-electron chi connectivity index (χ0n) is 16.9. The monoisotopic (exact) mass is 376 g/mol. The van der Waals surface area contributed by atoms with E-state index in [1.54, 1.807) is 12.1 Å². The maximum absolute atomic E-state index is 11.5. The van der Waals surface area contributed by atoms with Crippen molar-refractivity contribution >= 4 is 11.9 Å². The fourth-order valence-electron chi connectivity index (χ4n) is 2.96. The van der Waals surface area contributed by atoms with Crippen LogP contribution in [0.1, 0.15) is 36.7 Å². The van der Waals surface area contributed by atoms with E-state index in [2.05, 4.69) is 41.3 Å². The molecule has 0 spiro atoms. The molecule has 0 bridgehead atoms. The number of aliphatic imine (C=N–C) groups is 1. The summed E-state index contributed by atoms with van der Waals surface area (Å²) in [4.78, 5) is 18.6. The Hall–Kier alpha value is -2.12. The van der Waals surface area contributed by atoms with Crippen molar-refractivity contribution in [1.29, 1.82) is 0 Å². The smallest absolute Gasteiger partial charge is 0.337 e. The van der Waals surface area contributed by atoms with Gasteiger partial charge in [-0.1, -0.05) is 12.1 Å². The van der Waals surface area contributed by atoms with E-state index in [1.165, 1.54) is 7.11 Å². The number of methoxy groups -OCH3 is 1. The van der Waals surface area contributed by atoms with Gasteiger partial charge in [-0.2, -0.15) is 0 Å². The van der Waals surface area contributed by atoms with Gasteiger partial charge in [0.05, 0.1) is 32.4 Å². The molecule has 0 unspecified atom stereocenters. The predicted molar refractivity (Wildman–Crippen MR) is 107 cm³/mol. The van der Waals surface area contributed by atoms with Gasteiger partial charge in [0, 0.05) is 31.7 Å². The van der Waals surface area contributed by atoms with Crippen LogP contribution in [0, 0.1) is 0 Å². The minimum absolute atomic E-state index is 0.0160. The molecule has 150 valence electrons. The summed E-state index contributed by atoms with van der Waals surface area (Å²) in [5.74, 6) is 0.460. The van der Waals surface area contributed by atoms with E-state index in [0.29, 0.717) is 12.1 Å². The Kier molecular flexibility index (Phi) is 8.06. The number of morpholine rings is 1. The van der Waals surface area contributed by atoms with Gasteiger partial charge in [-0.05, 0) is 38.5 Å². The number of esters is 1. The fraction of sp³-hybridized carbons (Fsp3) is 0.600. The molecule has 7 heteroatoms. The first-order valence-corrected chi connectivity index (χ1v) is 9.48. The van der Waals surface area contributed by atoms with Gasteiger partial charge in [0.1, 0.15) is 0 Å². The number of carbonyl (C=O) groups is 1. The minimum Gasteiger partial charge on any atom is -0.465 e. The molecule has 1 aliphatic heterocycles. The van der Waals surface area contributed by atoms with Gasteiger partial charge < -0.3 is 20.1 Å². The summed E-state index contributed by atoms with van der Waals surface area (Å²) in [6.45, 7) is 12.1. The molecule has 2 rings (SSSR count). The Balaban J connectivity index is 1.94. The molecule has 0 aliphatic carbocycles. The van der Waals surface area contributed by atoms with Gasteiger partial charge in [-0.15, -0.1) is 0 Å². The van der Waals surface area contributed by atoms with Crippen molar-refractivity contribution < 1.29 is 14.3 Å². The van der Waals surface area contributed by atoms with Crippen LogP contribution in [-0.2, 0) is 16.0 Å². The quantitative estimate of drug-likeness (QED) is 0.428. The lowest BCUT2D eigenvalue weighted by atomic mass is 10.0. The number of rotatable bonds is 7. The highest BCUT2D eigenvalue weighted by Crippen LogP contribution is 2.15. The lowest BCUT2D eigenvalue weighted by molar-refractivity contribution is -0.00834. The molecule has 1 saturated heterocycles. The van der Waals surface area contributed by atoms with Crippen LogP contribution >= 0.6 is 0 Å². The van der Waals surface area contributed by atoms with E-state index >= 15 is 0 Å². The Bertz CT molecular complexity index is 623. The Morgan fingerprint density at radius 1 is 1.22 bits per heavy atom. The lowest BCUT2D eigenvalue weighted by Crippen LogP contribution is -2.56. The highest BCUT2D eigenvalue weighted by atomic mass is 16.5. The van der Waals surface area contributed by atoms with Gasteiger partial charge in [0.25, 0.3) is 0 Å². The Morgan fingerprint density at radius 3 is 2.48 bits per heavy atom. The molecule has 1 heterocycles. The van der Waals surface area contributed by atoms with Crippen LogP contribution in [0.5, 0.6) is 0 Å². The van der Waals surface area contributed by atoms with Crippen LogP contribution in [0.2, 0.25) is 0 Å². The molecule has 1 aromatic carbocycles. The molecule has 1 fully saturated rings. The number of ether oxygens (including phenoxy) is 2. The number of benzene rings is 1. The van der Waals surface area contributed by atoms with Crippen LogP contribution in [0.4, 0.5) is 0 Å². The highest BCUT2D eigenvalue weighted by molar-refractivity contribution is 5.89. The molecule has 27 heavy (non-hydrogen) atoms. The third kappa shape index (κ3) is 6.52. The molecule has 2 N–H and O–H groups in total. The maximum Gasteiger partial charge on any atom is 0.337 e. The molecule has 7 nitrogen and oxygen atoms in total. The second-order valence-electron chi connectivity index (χ2n) is 7.15.